The van der Waals surface area contributed by atoms with E-state index in [1.165, 1.54) is 17.4 Å². The summed E-state index contributed by atoms with van der Waals surface area (Å²) in [6, 6.07) is 12.4. The van der Waals surface area contributed by atoms with Crippen LogP contribution < -0.4 is 19.7 Å². The van der Waals surface area contributed by atoms with E-state index in [-0.39, 0.29) is 18.3 Å². The van der Waals surface area contributed by atoms with Gasteiger partial charge in [0.2, 0.25) is 6.10 Å². The van der Waals surface area contributed by atoms with Crippen LogP contribution in [0.1, 0.15) is 0 Å². The van der Waals surface area contributed by atoms with E-state index in [1.54, 1.807) is 12.1 Å². The van der Waals surface area contributed by atoms with Crippen molar-refractivity contribution in [3.63, 3.8) is 0 Å². The molecule has 3 aromatic rings. The summed E-state index contributed by atoms with van der Waals surface area (Å²) in [5.74, 6) is 0.829. The molecule has 31 heavy (non-hydrogen) atoms. The first-order valence-corrected chi connectivity index (χ1v) is 11.2. The van der Waals surface area contributed by atoms with Gasteiger partial charge in [-0.3, -0.25) is 9.69 Å². The van der Waals surface area contributed by atoms with Gasteiger partial charge in [-0.05, 0) is 24.3 Å². The first kappa shape index (κ1) is 20.0. The van der Waals surface area contributed by atoms with E-state index in [0.717, 1.165) is 42.6 Å². The standard InChI is InChI=1S/C22H23FN4O3S/c23-15-4-3-7-19-20(15)25-22(31-19)27-12-10-26(11-13-27)9-8-24-21(28)18-14-29-16-5-1-2-6-17(16)30-18/h1-7,18H,8-14H2,(H,24,28). The van der Waals surface area contributed by atoms with E-state index in [2.05, 4.69) is 20.1 Å². The summed E-state index contributed by atoms with van der Waals surface area (Å²) in [7, 11) is 0. The van der Waals surface area contributed by atoms with Gasteiger partial charge in [-0.2, -0.15) is 0 Å². The maximum atomic E-state index is 13.9. The molecule has 1 aromatic heterocycles. The molecule has 1 atom stereocenters. The molecule has 1 fully saturated rings. The third-order valence-electron chi connectivity index (χ3n) is 5.53. The van der Waals surface area contributed by atoms with E-state index in [0.29, 0.717) is 23.6 Å². The highest BCUT2D eigenvalue weighted by molar-refractivity contribution is 7.22. The van der Waals surface area contributed by atoms with Gasteiger partial charge < -0.3 is 19.7 Å². The van der Waals surface area contributed by atoms with E-state index in [1.807, 2.05) is 24.3 Å². The van der Waals surface area contributed by atoms with Crippen molar-refractivity contribution in [2.75, 3.05) is 50.8 Å². The SMILES string of the molecule is O=C(NCCN1CCN(c2nc3c(F)cccc3s2)CC1)C1COc2ccccc2O1. The van der Waals surface area contributed by atoms with Crippen LogP contribution in [0.3, 0.4) is 0 Å². The lowest BCUT2D eigenvalue weighted by Gasteiger charge is -2.34. The maximum absolute atomic E-state index is 13.9. The third kappa shape index (κ3) is 4.28. The largest absolute Gasteiger partial charge is 0.485 e. The summed E-state index contributed by atoms with van der Waals surface area (Å²) in [4.78, 5) is 21.4. The van der Waals surface area contributed by atoms with Gasteiger partial charge in [-0.25, -0.2) is 9.37 Å². The van der Waals surface area contributed by atoms with Crippen molar-refractivity contribution < 1.29 is 18.7 Å². The maximum Gasteiger partial charge on any atom is 0.264 e. The smallest absolute Gasteiger partial charge is 0.264 e. The number of thiazole rings is 1. The Balaban J connectivity index is 1.07. The second-order valence-corrected chi connectivity index (χ2v) is 8.58. The number of fused-ring (bicyclic) bond motifs is 2. The van der Waals surface area contributed by atoms with Crippen molar-refractivity contribution in [1.29, 1.82) is 0 Å². The fourth-order valence-corrected chi connectivity index (χ4v) is 4.83. The highest BCUT2D eigenvalue weighted by atomic mass is 32.1. The molecule has 1 N–H and O–H groups in total. The third-order valence-corrected chi connectivity index (χ3v) is 6.61. The molecule has 3 heterocycles. The van der Waals surface area contributed by atoms with Crippen LogP contribution in [0, 0.1) is 5.82 Å². The number of ether oxygens (including phenoxy) is 2. The Bertz CT molecular complexity index is 1080. The molecule has 9 heteroatoms. The minimum absolute atomic E-state index is 0.162. The van der Waals surface area contributed by atoms with Crippen molar-refractivity contribution in [3.05, 3.63) is 48.3 Å². The average molecular weight is 443 g/mol. The number of nitrogens with one attached hydrogen (secondary N) is 1. The Morgan fingerprint density at radius 1 is 1.13 bits per heavy atom. The number of hydrogen-bond acceptors (Lipinski definition) is 7. The van der Waals surface area contributed by atoms with E-state index in [9.17, 15) is 9.18 Å². The summed E-state index contributed by atoms with van der Waals surface area (Å²) < 4.78 is 26.1. The second kappa shape index (κ2) is 8.68. The Morgan fingerprint density at radius 3 is 2.74 bits per heavy atom. The van der Waals surface area contributed by atoms with Gasteiger partial charge in [0.1, 0.15) is 17.9 Å². The van der Waals surface area contributed by atoms with Crippen LogP contribution in [-0.4, -0.2) is 67.8 Å². The molecule has 2 aliphatic heterocycles. The fraction of sp³-hybridized carbons (Fsp3) is 0.364. The topological polar surface area (TPSA) is 66.9 Å². The lowest BCUT2D eigenvalue weighted by atomic mass is 10.2. The summed E-state index contributed by atoms with van der Waals surface area (Å²) in [6.07, 6.45) is -0.633. The Hall–Kier alpha value is -2.91. The van der Waals surface area contributed by atoms with Crippen LogP contribution >= 0.6 is 11.3 Å². The second-order valence-electron chi connectivity index (χ2n) is 7.57. The molecule has 0 bridgehead atoms. The van der Waals surface area contributed by atoms with Gasteiger partial charge >= 0.3 is 0 Å². The molecule has 0 saturated carbocycles. The molecule has 162 valence electrons. The molecule has 1 amide bonds. The minimum atomic E-state index is -0.633. The van der Waals surface area contributed by atoms with Crippen molar-refractivity contribution >= 4 is 32.6 Å². The first-order chi connectivity index (χ1) is 15.2. The lowest BCUT2D eigenvalue weighted by Crippen LogP contribution is -2.50. The minimum Gasteiger partial charge on any atom is -0.485 e. The molecule has 1 saturated heterocycles. The quantitative estimate of drug-likeness (QED) is 0.655. The van der Waals surface area contributed by atoms with E-state index < -0.39 is 6.10 Å². The monoisotopic (exact) mass is 442 g/mol. The number of piperazine rings is 1. The van der Waals surface area contributed by atoms with Crippen molar-refractivity contribution in [2.45, 2.75) is 6.10 Å². The summed E-state index contributed by atoms with van der Waals surface area (Å²) in [5, 5.41) is 3.81. The van der Waals surface area contributed by atoms with Gasteiger partial charge in [0.05, 0.1) is 4.70 Å². The number of para-hydroxylation sites is 3. The van der Waals surface area contributed by atoms with Gasteiger partial charge in [0, 0.05) is 39.3 Å². The molecule has 0 spiro atoms. The Labute approximate surface area is 183 Å². The zero-order chi connectivity index (χ0) is 21.2. The van der Waals surface area contributed by atoms with Crippen LogP contribution in [0.4, 0.5) is 9.52 Å². The molecular formula is C22H23FN4O3S. The number of amides is 1. The molecule has 7 nitrogen and oxygen atoms in total. The average Bonchev–Trinajstić information content (AvgIpc) is 3.25. The molecule has 5 rings (SSSR count). The summed E-state index contributed by atoms with van der Waals surface area (Å²) in [5.41, 5.74) is 0.448. The van der Waals surface area contributed by atoms with E-state index >= 15 is 0 Å². The Kier molecular flexibility index (Phi) is 5.61. The van der Waals surface area contributed by atoms with Gasteiger partial charge in [0.25, 0.3) is 5.91 Å². The highest BCUT2D eigenvalue weighted by Crippen LogP contribution is 2.31. The van der Waals surface area contributed by atoms with Crippen molar-refractivity contribution in [2.24, 2.45) is 0 Å². The van der Waals surface area contributed by atoms with Crippen LogP contribution in [0.5, 0.6) is 11.5 Å². The number of carbonyl (C=O) groups is 1. The van der Waals surface area contributed by atoms with Crippen molar-refractivity contribution in [3.8, 4) is 11.5 Å². The normalized spacial score (nSPS) is 18.9. The highest BCUT2D eigenvalue weighted by Gasteiger charge is 2.27. The first-order valence-electron chi connectivity index (χ1n) is 10.4. The number of anilines is 1. The number of nitrogens with zero attached hydrogens (tertiary/aromatic N) is 3. The lowest BCUT2D eigenvalue weighted by molar-refractivity contribution is -0.130. The predicted molar refractivity (Wildman–Crippen MR) is 118 cm³/mol. The molecule has 2 aromatic carbocycles. The number of aromatic nitrogens is 1. The number of halogens is 1. The van der Waals surface area contributed by atoms with Crippen LogP contribution in [0.25, 0.3) is 10.2 Å². The molecule has 0 aliphatic carbocycles. The number of benzene rings is 2. The molecule has 1 unspecified atom stereocenters. The summed E-state index contributed by atoms with van der Waals surface area (Å²) in [6.45, 7) is 4.90. The number of carbonyl (C=O) groups excluding carboxylic acids is 1. The molecular weight excluding hydrogens is 419 g/mol. The fourth-order valence-electron chi connectivity index (χ4n) is 3.80. The zero-order valence-electron chi connectivity index (χ0n) is 16.9. The van der Waals surface area contributed by atoms with Crippen LogP contribution in [0.15, 0.2) is 42.5 Å². The number of hydrogen-bond donors (Lipinski definition) is 1. The number of rotatable bonds is 5. The van der Waals surface area contributed by atoms with Gasteiger partial charge in [-0.15, -0.1) is 0 Å². The molecule has 2 aliphatic rings. The molecule has 0 radical (unpaired) electrons. The predicted octanol–water partition coefficient (Wildman–Crippen LogP) is 2.51. The summed E-state index contributed by atoms with van der Waals surface area (Å²) >= 11 is 1.53. The van der Waals surface area contributed by atoms with Crippen LogP contribution in [0.2, 0.25) is 0 Å². The van der Waals surface area contributed by atoms with Crippen molar-refractivity contribution in [1.82, 2.24) is 15.2 Å². The zero-order valence-corrected chi connectivity index (χ0v) is 17.7. The van der Waals surface area contributed by atoms with E-state index in [4.69, 9.17) is 9.47 Å². The van der Waals surface area contributed by atoms with Crippen LogP contribution in [-0.2, 0) is 4.79 Å². The van der Waals surface area contributed by atoms with Gasteiger partial charge in [0.15, 0.2) is 16.6 Å². The Morgan fingerprint density at radius 2 is 1.94 bits per heavy atom. The van der Waals surface area contributed by atoms with Gasteiger partial charge in [-0.1, -0.05) is 29.5 Å².